The maximum absolute atomic E-state index is 11.0. The number of hydrogen-bond donors (Lipinski definition) is 2. The Morgan fingerprint density at radius 2 is 2.35 bits per heavy atom. The number of nitrogens with zero attached hydrogens (tertiary/aromatic N) is 1. The smallest absolute Gasteiger partial charge is 0.293 e. The van der Waals surface area contributed by atoms with E-state index in [0.717, 1.165) is 6.42 Å². The highest BCUT2D eigenvalue weighted by atomic mass is 35.5. The number of halogens is 1. The molecule has 20 heavy (non-hydrogen) atoms. The Bertz CT molecular complexity index is 489. The van der Waals surface area contributed by atoms with Gasteiger partial charge in [0.05, 0.1) is 11.5 Å². The molecule has 1 aliphatic heterocycles. The predicted molar refractivity (Wildman–Crippen MR) is 76.2 cm³/mol. The highest BCUT2D eigenvalue weighted by Gasteiger charge is 2.34. The predicted octanol–water partition coefficient (Wildman–Crippen LogP) is 2.45. The van der Waals surface area contributed by atoms with Crippen LogP contribution >= 0.6 is 11.6 Å². The molecule has 0 spiro atoms. The van der Waals surface area contributed by atoms with Gasteiger partial charge in [-0.15, -0.1) is 0 Å². The molecule has 2 rings (SSSR count). The third-order valence-corrected chi connectivity index (χ3v) is 3.87. The van der Waals surface area contributed by atoms with Crippen molar-refractivity contribution in [3.05, 3.63) is 33.3 Å². The Balaban J connectivity index is 2.12. The molecule has 0 aliphatic carbocycles. The molecule has 1 saturated heterocycles. The number of aliphatic hydroxyl groups excluding tert-OH is 1. The van der Waals surface area contributed by atoms with Gasteiger partial charge in [-0.25, -0.2) is 0 Å². The van der Waals surface area contributed by atoms with E-state index in [1.165, 1.54) is 6.07 Å². The van der Waals surface area contributed by atoms with Crippen molar-refractivity contribution in [3.63, 3.8) is 0 Å². The van der Waals surface area contributed by atoms with E-state index < -0.39 is 4.92 Å². The molecule has 1 aliphatic rings. The highest BCUT2D eigenvalue weighted by molar-refractivity contribution is 6.30. The summed E-state index contributed by atoms with van der Waals surface area (Å²) < 4.78 is 5.39. The average molecular weight is 301 g/mol. The van der Waals surface area contributed by atoms with Crippen LogP contribution in [0, 0.1) is 15.5 Å². The molecule has 7 heteroatoms. The van der Waals surface area contributed by atoms with Crippen molar-refractivity contribution in [2.24, 2.45) is 5.41 Å². The number of ether oxygens (including phenoxy) is 1. The molecule has 1 fully saturated rings. The first-order valence-electron chi connectivity index (χ1n) is 6.43. The van der Waals surface area contributed by atoms with Crippen molar-refractivity contribution >= 4 is 23.0 Å². The third kappa shape index (κ3) is 3.39. The molecule has 110 valence electrons. The molecule has 0 amide bonds. The summed E-state index contributed by atoms with van der Waals surface area (Å²) in [4.78, 5) is 10.6. The second-order valence-corrected chi connectivity index (χ2v) is 5.48. The molecule has 0 aromatic heterocycles. The van der Waals surface area contributed by atoms with Gasteiger partial charge in [0.25, 0.3) is 5.69 Å². The van der Waals surface area contributed by atoms with Crippen LogP contribution in [0.2, 0.25) is 5.02 Å². The summed E-state index contributed by atoms with van der Waals surface area (Å²) in [5, 5.41) is 23.6. The number of anilines is 1. The van der Waals surface area contributed by atoms with Gasteiger partial charge < -0.3 is 15.2 Å². The van der Waals surface area contributed by atoms with Gasteiger partial charge in [-0.2, -0.15) is 0 Å². The molecular weight excluding hydrogens is 284 g/mol. The van der Waals surface area contributed by atoms with E-state index in [-0.39, 0.29) is 17.7 Å². The fourth-order valence-electron chi connectivity index (χ4n) is 2.40. The molecule has 1 aromatic rings. The van der Waals surface area contributed by atoms with Crippen molar-refractivity contribution in [1.82, 2.24) is 0 Å². The molecule has 0 unspecified atom stereocenters. The van der Waals surface area contributed by atoms with E-state index in [9.17, 15) is 10.1 Å². The van der Waals surface area contributed by atoms with Crippen LogP contribution in [0.1, 0.15) is 12.8 Å². The zero-order valence-corrected chi connectivity index (χ0v) is 11.7. The van der Waals surface area contributed by atoms with Crippen LogP contribution < -0.4 is 5.32 Å². The topological polar surface area (TPSA) is 84.6 Å². The van der Waals surface area contributed by atoms with E-state index in [1.807, 2.05) is 0 Å². The van der Waals surface area contributed by atoms with E-state index in [2.05, 4.69) is 5.32 Å². The number of hydrogen-bond acceptors (Lipinski definition) is 5. The second kappa shape index (κ2) is 6.39. The largest absolute Gasteiger partial charge is 0.396 e. The molecule has 0 saturated carbocycles. The fourth-order valence-corrected chi connectivity index (χ4v) is 2.57. The van der Waals surface area contributed by atoms with Gasteiger partial charge in [0.1, 0.15) is 5.69 Å². The van der Waals surface area contributed by atoms with Crippen LogP contribution in [-0.4, -0.2) is 36.4 Å². The molecule has 2 N–H and O–H groups in total. The Labute approximate surface area is 121 Å². The van der Waals surface area contributed by atoms with Crippen LogP contribution in [0.3, 0.4) is 0 Å². The van der Waals surface area contributed by atoms with E-state index in [1.54, 1.807) is 12.1 Å². The zero-order valence-electron chi connectivity index (χ0n) is 11.0. The summed E-state index contributed by atoms with van der Waals surface area (Å²) in [6.07, 6.45) is 1.45. The number of nitro benzene ring substituents is 1. The molecule has 0 radical (unpaired) electrons. The van der Waals surface area contributed by atoms with E-state index in [0.29, 0.717) is 36.9 Å². The highest BCUT2D eigenvalue weighted by Crippen LogP contribution is 2.34. The lowest BCUT2D eigenvalue weighted by atomic mass is 9.84. The fraction of sp³-hybridized carbons (Fsp3) is 0.538. The van der Waals surface area contributed by atoms with Gasteiger partial charge in [-0.3, -0.25) is 10.1 Å². The number of nitro groups is 1. The van der Waals surface area contributed by atoms with E-state index in [4.69, 9.17) is 21.4 Å². The van der Waals surface area contributed by atoms with Gasteiger partial charge in [0.15, 0.2) is 0 Å². The number of aliphatic hydroxyl groups is 1. The first kappa shape index (κ1) is 15.0. The number of nitrogens with one attached hydrogen (secondary N) is 1. The maximum Gasteiger partial charge on any atom is 0.293 e. The van der Waals surface area contributed by atoms with Crippen molar-refractivity contribution in [2.45, 2.75) is 12.8 Å². The first-order chi connectivity index (χ1) is 9.56. The number of benzene rings is 1. The van der Waals surface area contributed by atoms with Crippen LogP contribution in [0.25, 0.3) is 0 Å². The van der Waals surface area contributed by atoms with Crippen LogP contribution in [-0.2, 0) is 4.74 Å². The molecule has 1 heterocycles. The summed E-state index contributed by atoms with van der Waals surface area (Å²) in [7, 11) is 0. The Morgan fingerprint density at radius 1 is 1.55 bits per heavy atom. The minimum Gasteiger partial charge on any atom is -0.396 e. The second-order valence-electron chi connectivity index (χ2n) is 5.05. The van der Waals surface area contributed by atoms with Crippen molar-refractivity contribution < 1.29 is 14.8 Å². The summed E-state index contributed by atoms with van der Waals surface area (Å²) in [6.45, 7) is 1.82. The Hall–Kier alpha value is -1.37. The van der Waals surface area contributed by atoms with Crippen molar-refractivity contribution in [1.29, 1.82) is 0 Å². The molecule has 1 aromatic carbocycles. The van der Waals surface area contributed by atoms with Crippen molar-refractivity contribution in [3.8, 4) is 0 Å². The normalized spacial score (nSPS) is 21.9. The van der Waals surface area contributed by atoms with Gasteiger partial charge in [-0.05, 0) is 25.0 Å². The lowest BCUT2D eigenvalue weighted by Gasteiger charge is -2.27. The molecule has 1 atom stereocenters. The molecule has 0 bridgehead atoms. The minimum absolute atomic E-state index is 0.0458. The van der Waals surface area contributed by atoms with E-state index >= 15 is 0 Å². The minimum atomic E-state index is -0.460. The first-order valence-corrected chi connectivity index (χ1v) is 6.81. The van der Waals surface area contributed by atoms with Gasteiger partial charge >= 0.3 is 0 Å². The van der Waals surface area contributed by atoms with Gasteiger partial charge in [0, 0.05) is 36.3 Å². The third-order valence-electron chi connectivity index (χ3n) is 3.64. The monoisotopic (exact) mass is 300 g/mol. The summed E-state index contributed by atoms with van der Waals surface area (Å²) >= 11 is 5.78. The van der Waals surface area contributed by atoms with Gasteiger partial charge in [-0.1, -0.05) is 11.6 Å². The summed E-state index contributed by atoms with van der Waals surface area (Å²) in [5.41, 5.74) is 0.224. The molecule has 6 nitrogen and oxygen atoms in total. The van der Waals surface area contributed by atoms with Crippen LogP contribution in [0.4, 0.5) is 11.4 Å². The standard InChI is InChI=1S/C13H17ClN2O4/c14-10-1-2-11(12(7-10)16(18)19)15-8-13(3-5-17)4-6-20-9-13/h1-2,7,15,17H,3-6,8-9H2/t13-/m1/s1. The lowest BCUT2D eigenvalue weighted by molar-refractivity contribution is -0.383. The Morgan fingerprint density at radius 3 is 2.95 bits per heavy atom. The quantitative estimate of drug-likeness (QED) is 0.622. The summed E-state index contributed by atoms with van der Waals surface area (Å²) in [5.74, 6) is 0. The lowest BCUT2D eigenvalue weighted by Crippen LogP contribution is -2.31. The molecular formula is C13H17ClN2O4. The zero-order chi connectivity index (χ0) is 14.6. The van der Waals surface area contributed by atoms with Gasteiger partial charge in [0.2, 0.25) is 0 Å². The van der Waals surface area contributed by atoms with Crippen LogP contribution in [0.5, 0.6) is 0 Å². The number of rotatable bonds is 6. The Kier molecular flexibility index (Phi) is 4.80. The maximum atomic E-state index is 11.0. The summed E-state index contributed by atoms with van der Waals surface area (Å²) in [6, 6.07) is 4.54. The average Bonchev–Trinajstić information content (AvgIpc) is 2.86. The van der Waals surface area contributed by atoms with Crippen LogP contribution in [0.15, 0.2) is 18.2 Å². The SMILES string of the molecule is O=[N+]([O-])c1cc(Cl)ccc1NC[C@@]1(CCO)CCOC1. The van der Waals surface area contributed by atoms with Crippen molar-refractivity contribution in [2.75, 3.05) is 31.7 Å².